The number of nitro groups is 1. The minimum Gasteiger partial charge on any atom is -0.312 e. The van der Waals surface area contributed by atoms with Crippen LogP contribution in [0.25, 0.3) is 0 Å². The first-order chi connectivity index (χ1) is 9.15. The van der Waals surface area contributed by atoms with Gasteiger partial charge in [0, 0.05) is 28.4 Å². The Hall–Kier alpha value is -1.72. The summed E-state index contributed by atoms with van der Waals surface area (Å²) < 4.78 is 0. The molecule has 2 aromatic rings. The van der Waals surface area contributed by atoms with Crippen molar-refractivity contribution in [2.45, 2.75) is 19.9 Å². The van der Waals surface area contributed by atoms with Crippen molar-refractivity contribution in [3.05, 3.63) is 61.8 Å². The van der Waals surface area contributed by atoms with E-state index in [1.165, 1.54) is 9.75 Å². The van der Waals surface area contributed by atoms with E-state index in [9.17, 15) is 10.1 Å². The monoisotopic (exact) mass is 276 g/mol. The number of nitrogens with one attached hydrogen (secondary N) is 1. The molecule has 100 valence electrons. The standard InChI is InChI=1S/C14H16N2O2S/c1-11-2-7-14(19-11)10-15-9-8-12-3-5-13(6-4-12)16(17)18/h2-7,15H,8-10H2,1H3. The highest BCUT2D eigenvalue weighted by atomic mass is 32.1. The van der Waals surface area contributed by atoms with Gasteiger partial charge in [0.2, 0.25) is 0 Å². The summed E-state index contributed by atoms with van der Waals surface area (Å²) in [7, 11) is 0. The van der Waals surface area contributed by atoms with Crippen molar-refractivity contribution in [3.63, 3.8) is 0 Å². The third-order valence-electron chi connectivity index (χ3n) is 2.83. The fourth-order valence-corrected chi connectivity index (χ4v) is 2.67. The average molecular weight is 276 g/mol. The highest BCUT2D eigenvalue weighted by Crippen LogP contribution is 2.14. The number of thiophene rings is 1. The zero-order valence-electron chi connectivity index (χ0n) is 10.8. The van der Waals surface area contributed by atoms with E-state index in [1.54, 1.807) is 23.5 Å². The highest BCUT2D eigenvalue weighted by molar-refractivity contribution is 7.11. The first-order valence-corrected chi connectivity index (χ1v) is 6.96. The third-order valence-corrected chi connectivity index (χ3v) is 3.83. The molecule has 0 atom stereocenters. The summed E-state index contributed by atoms with van der Waals surface area (Å²) >= 11 is 1.80. The second-order valence-corrected chi connectivity index (χ2v) is 5.74. The van der Waals surface area contributed by atoms with Crippen molar-refractivity contribution < 1.29 is 4.92 Å². The van der Waals surface area contributed by atoms with Crippen molar-refractivity contribution in [3.8, 4) is 0 Å². The molecular weight excluding hydrogens is 260 g/mol. The second-order valence-electron chi connectivity index (χ2n) is 4.36. The highest BCUT2D eigenvalue weighted by Gasteiger charge is 2.03. The second kappa shape index (κ2) is 6.45. The van der Waals surface area contributed by atoms with Gasteiger partial charge >= 0.3 is 0 Å². The van der Waals surface area contributed by atoms with E-state index >= 15 is 0 Å². The summed E-state index contributed by atoms with van der Waals surface area (Å²) in [6, 6.07) is 11.0. The van der Waals surface area contributed by atoms with Gasteiger partial charge < -0.3 is 5.32 Å². The van der Waals surface area contributed by atoms with E-state index in [0.717, 1.165) is 25.1 Å². The summed E-state index contributed by atoms with van der Waals surface area (Å²) in [4.78, 5) is 12.8. The predicted octanol–water partition coefficient (Wildman–Crippen LogP) is 3.30. The van der Waals surface area contributed by atoms with Gasteiger partial charge in [0.25, 0.3) is 5.69 Å². The molecule has 0 bridgehead atoms. The Morgan fingerprint density at radius 1 is 1.21 bits per heavy atom. The van der Waals surface area contributed by atoms with Crippen molar-refractivity contribution in [1.82, 2.24) is 5.32 Å². The third kappa shape index (κ3) is 4.15. The molecule has 0 unspecified atom stereocenters. The normalized spacial score (nSPS) is 10.6. The van der Waals surface area contributed by atoms with Crippen molar-refractivity contribution in [2.24, 2.45) is 0 Å². The van der Waals surface area contributed by atoms with Gasteiger partial charge in [-0.25, -0.2) is 0 Å². The number of hydrogen-bond acceptors (Lipinski definition) is 4. The van der Waals surface area contributed by atoms with Gasteiger partial charge in [-0.05, 0) is 37.6 Å². The summed E-state index contributed by atoms with van der Waals surface area (Å²) in [6.45, 7) is 3.85. The molecule has 4 nitrogen and oxygen atoms in total. The molecule has 0 amide bonds. The van der Waals surface area contributed by atoms with Crippen LogP contribution in [0.2, 0.25) is 0 Å². The Kier molecular flexibility index (Phi) is 4.65. The van der Waals surface area contributed by atoms with Crippen LogP contribution in [0.3, 0.4) is 0 Å². The lowest BCUT2D eigenvalue weighted by Gasteiger charge is -2.03. The van der Waals surface area contributed by atoms with Gasteiger partial charge in [-0.15, -0.1) is 11.3 Å². The lowest BCUT2D eigenvalue weighted by Crippen LogP contribution is -2.15. The van der Waals surface area contributed by atoms with Gasteiger partial charge in [0.15, 0.2) is 0 Å². The average Bonchev–Trinajstić information content (AvgIpc) is 2.81. The number of aryl methyl sites for hydroxylation is 1. The molecule has 1 heterocycles. The van der Waals surface area contributed by atoms with Crippen LogP contribution in [0.1, 0.15) is 15.3 Å². The summed E-state index contributed by atoms with van der Waals surface area (Å²) in [5.41, 5.74) is 1.26. The molecule has 1 aromatic heterocycles. The van der Waals surface area contributed by atoms with E-state index in [4.69, 9.17) is 0 Å². The lowest BCUT2D eigenvalue weighted by molar-refractivity contribution is -0.384. The Morgan fingerprint density at radius 3 is 2.53 bits per heavy atom. The van der Waals surface area contributed by atoms with Crippen LogP contribution in [-0.4, -0.2) is 11.5 Å². The van der Waals surface area contributed by atoms with Crippen LogP contribution in [0, 0.1) is 17.0 Å². The SMILES string of the molecule is Cc1ccc(CNCCc2ccc([N+](=O)[O-])cc2)s1. The number of hydrogen-bond donors (Lipinski definition) is 1. The van der Waals surface area contributed by atoms with Crippen molar-refractivity contribution >= 4 is 17.0 Å². The maximum Gasteiger partial charge on any atom is 0.269 e. The maximum atomic E-state index is 10.5. The molecule has 0 fully saturated rings. The van der Waals surface area contributed by atoms with Gasteiger partial charge in [-0.2, -0.15) is 0 Å². The van der Waals surface area contributed by atoms with E-state index in [-0.39, 0.29) is 10.6 Å². The smallest absolute Gasteiger partial charge is 0.269 e. The number of rotatable bonds is 6. The van der Waals surface area contributed by atoms with E-state index < -0.39 is 0 Å². The van der Waals surface area contributed by atoms with Gasteiger partial charge in [0.05, 0.1) is 4.92 Å². The molecule has 5 heteroatoms. The summed E-state index contributed by atoms with van der Waals surface area (Å²) in [5.74, 6) is 0. The molecule has 0 aliphatic carbocycles. The van der Waals surface area contributed by atoms with Crippen LogP contribution in [0.15, 0.2) is 36.4 Å². The zero-order valence-corrected chi connectivity index (χ0v) is 11.6. The fourth-order valence-electron chi connectivity index (χ4n) is 1.81. The minimum atomic E-state index is -0.374. The van der Waals surface area contributed by atoms with Crippen molar-refractivity contribution in [2.75, 3.05) is 6.54 Å². The van der Waals surface area contributed by atoms with Crippen molar-refractivity contribution in [1.29, 1.82) is 0 Å². The largest absolute Gasteiger partial charge is 0.312 e. The topological polar surface area (TPSA) is 55.2 Å². The van der Waals surface area contributed by atoms with Crippen LogP contribution in [0.4, 0.5) is 5.69 Å². The Bertz CT molecular complexity index is 549. The molecule has 2 rings (SSSR count). The number of benzene rings is 1. The molecule has 1 N–H and O–H groups in total. The molecule has 0 spiro atoms. The molecule has 0 radical (unpaired) electrons. The molecule has 0 aliphatic rings. The quantitative estimate of drug-likeness (QED) is 0.500. The minimum absolute atomic E-state index is 0.144. The fraction of sp³-hybridized carbons (Fsp3) is 0.286. The number of nitro benzene ring substituents is 1. The van der Waals surface area contributed by atoms with Crippen LogP contribution >= 0.6 is 11.3 Å². The number of nitrogens with zero attached hydrogens (tertiary/aromatic N) is 1. The Morgan fingerprint density at radius 2 is 1.95 bits per heavy atom. The molecule has 19 heavy (non-hydrogen) atoms. The Balaban J connectivity index is 1.75. The van der Waals surface area contributed by atoms with Gasteiger partial charge in [-0.1, -0.05) is 12.1 Å². The number of non-ortho nitro benzene ring substituents is 1. The van der Waals surface area contributed by atoms with E-state index in [0.29, 0.717) is 0 Å². The van der Waals surface area contributed by atoms with Crippen LogP contribution in [0.5, 0.6) is 0 Å². The molecular formula is C14H16N2O2S. The zero-order chi connectivity index (χ0) is 13.7. The first kappa shape index (κ1) is 13.7. The van der Waals surface area contributed by atoms with Gasteiger partial charge in [0.1, 0.15) is 0 Å². The first-order valence-electron chi connectivity index (χ1n) is 6.14. The van der Waals surface area contributed by atoms with Gasteiger partial charge in [-0.3, -0.25) is 10.1 Å². The molecule has 0 saturated heterocycles. The van der Waals surface area contributed by atoms with Crippen LogP contribution in [-0.2, 0) is 13.0 Å². The lowest BCUT2D eigenvalue weighted by atomic mass is 10.1. The van der Waals surface area contributed by atoms with E-state index in [1.807, 2.05) is 12.1 Å². The predicted molar refractivity (Wildman–Crippen MR) is 77.6 cm³/mol. The summed E-state index contributed by atoms with van der Waals surface area (Å²) in [5, 5.41) is 13.9. The molecule has 1 aromatic carbocycles. The molecule has 0 aliphatic heterocycles. The van der Waals surface area contributed by atoms with E-state index in [2.05, 4.69) is 24.4 Å². The molecule has 0 saturated carbocycles. The Labute approximate surface area is 116 Å². The van der Waals surface area contributed by atoms with Crippen LogP contribution < -0.4 is 5.32 Å². The maximum absolute atomic E-state index is 10.5. The summed E-state index contributed by atoms with van der Waals surface area (Å²) in [6.07, 6.45) is 0.877.